The van der Waals surface area contributed by atoms with Crippen molar-refractivity contribution in [1.82, 2.24) is 10.3 Å². The molecular weight excluding hydrogens is 420 g/mol. The molecule has 8 nitrogen and oxygen atoms in total. The summed E-state index contributed by atoms with van der Waals surface area (Å²) < 4.78 is 16.5. The number of unbranched alkanes of at least 4 members (excludes halogenated alkanes) is 1. The van der Waals surface area contributed by atoms with Crippen molar-refractivity contribution in [2.45, 2.75) is 26.3 Å². The van der Waals surface area contributed by atoms with Crippen LogP contribution in [0.2, 0.25) is 0 Å². The van der Waals surface area contributed by atoms with Crippen LogP contribution in [0.25, 0.3) is 0 Å². The molecular formula is C25H26N4O4. The molecule has 2 heterocycles. The van der Waals surface area contributed by atoms with E-state index < -0.39 is 0 Å². The maximum atomic E-state index is 12.9. The first-order valence-electron chi connectivity index (χ1n) is 10.9. The Balaban J connectivity index is 1.47. The molecule has 1 aromatic heterocycles. The van der Waals surface area contributed by atoms with Crippen LogP contribution in [-0.2, 0) is 6.54 Å². The lowest BCUT2D eigenvalue weighted by molar-refractivity contribution is 0.0977. The maximum Gasteiger partial charge on any atom is 0.257 e. The first kappa shape index (κ1) is 22.1. The number of nitrogens with zero attached hydrogens (tertiary/aromatic N) is 2. The molecule has 33 heavy (non-hydrogen) atoms. The number of pyridine rings is 1. The van der Waals surface area contributed by atoms with E-state index in [9.17, 15) is 4.79 Å². The lowest BCUT2D eigenvalue weighted by atomic mass is 10.2. The van der Waals surface area contributed by atoms with E-state index in [1.807, 2.05) is 24.3 Å². The molecule has 0 bridgehead atoms. The second kappa shape index (κ2) is 11.0. The van der Waals surface area contributed by atoms with Crippen molar-refractivity contribution in [3.05, 3.63) is 78.1 Å². The van der Waals surface area contributed by atoms with Crippen molar-refractivity contribution in [3.63, 3.8) is 0 Å². The Labute approximate surface area is 192 Å². The third-order valence-electron chi connectivity index (χ3n) is 4.92. The Bertz CT molecular complexity index is 1100. The molecule has 1 amide bonds. The molecule has 0 fully saturated rings. The van der Waals surface area contributed by atoms with Crippen LogP contribution in [0.4, 0.5) is 5.69 Å². The fourth-order valence-corrected chi connectivity index (χ4v) is 3.10. The third kappa shape index (κ3) is 6.22. The number of fused-ring (bicyclic) bond motifs is 1. The van der Waals surface area contributed by atoms with Crippen LogP contribution in [0.3, 0.4) is 0 Å². The van der Waals surface area contributed by atoms with Gasteiger partial charge in [-0.05, 0) is 60.5 Å². The Kier molecular flexibility index (Phi) is 7.37. The van der Waals surface area contributed by atoms with Gasteiger partial charge in [0.15, 0.2) is 11.5 Å². The van der Waals surface area contributed by atoms with Crippen molar-refractivity contribution < 1.29 is 19.0 Å². The van der Waals surface area contributed by atoms with Crippen molar-refractivity contribution in [2.75, 3.05) is 18.7 Å². The quantitative estimate of drug-likeness (QED) is 0.303. The molecule has 0 spiro atoms. The standard InChI is InChI=1S/C25H26N4O4/c1-2-3-14-31-21-7-4-19(5-8-21)24(30)29-25(27-16-18-10-12-26-13-11-18)28-20-6-9-22-23(15-20)33-17-32-22/h4-13,15H,2-3,14,16-17H2,1H3,(H2,27,28,29,30). The van der Waals surface area contributed by atoms with E-state index >= 15 is 0 Å². The van der Waals surface area contributed by atoms with Crippen molar-refractivity contribution in [1.29, 1.82) is 0 Å². The highest BCUT2D eigenvalue weighted by Crippen LogP contribution is 2.34. The molecule has 2 aromatic carbocycles. The third-order valence-corrected chi connectivity index (χ3v) is 4.92. The zero-order chi connectivity index (χ0) is 22.9. The second-order valence-corrected chi connectivity index (χ2v) is 7.39. The lowest BCUT2D eigenvalue weighted by Gasteiger charge is -2.13. The lowest BCUT2D eigenvalue weighted by Crippen LogP contribution is -2.36. The van der Waals surface area contributed by atoms with Gasteiger partial charge in [0, 0.05) is 29.7 Å². The maximum absolute atomic E-state index is 12.9. The summed E-state index contributed by atoms with van der Waals surface area (Å²) in [6.45, 7) is 3.34. The number of anilines is 1. The van der Waals surface area contributed by atoms with E-state index in [0.717, 1.165) is 24.2 Å². The summed E-state index contributed by atoms with van der Waals surface area (Å²) in [5, 5.41) is 6.03. The number of amides is 1. The number of hydrogen-bond donors (Lipinski definition) is 2. The minimum Gasteiger partial charge on any atom is -0.494 e. The minimum atomic E-state index is -0.281. The van der Waals surface area contributed by atoms with Gasteiger partial charge in [-0.1, -0.05) is 13.3 Å². The number of carbonyl (C=O) groups excluding carboxylic acids is 1. The highest BCUT2D eigenvalue weighted by atomic mass is 16.7. The highest BCUT2D eigenvalue weighted by Gasteiger charge is 2.15. The van der Waals surface area contributed by atoms with Crippen LogP contribution < -0.4 is 24.8 Å². The van der Waals surface area contributed by atoms with E-state index in [-0.39, 0.29) is 12.7 Å². The largest absolute Gasteiger partial charge is 0.494 e. The van der Waals surface area contributed by atoms with E-state index in [2.05, 4.69) is 27.5 Å². The van der Waals surface area contributed by atoms with Crippen LogP contribution in [0.1, 0.15) is 35.7 Å². The average Bonchev–Trinajstić information content (AvgIpc) is 3.32. The SMILES string of the molecule is CCCCOc1ccc(C(=O)NC(=NCc2ccncc2)Nc2ccc3c(c2)OCO3)cc1. The molecule has 1 aliphatic heterocycles. The van der Waals surface area contributed by atoms with Crippen LogP contribution >= 0.6 is 0 Å². The van der Waals surface area contributed by atoms with Crippen LogP contribution in [0.5, 0.6) is 17.2 Å². The first-order valence-corrected chi connectivity index (χ1v) is 10.9. The molecule has 0 atom stereocenters. The smallest absolute Gasteiger partial charge is 0.257 e. The second-order valence-electron chi connectivity index (χ2n) is 7.39. The topological polar surface area (TPSA) is 94.1 Å². The predicted octanol–water partition coefficient (Wildman–Crippen LogP) is 4.39. The number of nitrogens with one attached hydrogen (secondary N) is 2. The summed E-state index contributed by atoms with van der Waals surface area (Å²) in [6.07, 6.45) is 5.47. The van der Waals surface area contributed by atoms with Gasteiger partial charge in [0.25, 0.3) is 5.91 Å². The first-order chi connectivity index (χ1) is 16.2. The Hall–Kier alpha value is -4.07. The predicted molar refractivity (Wildman–Crippen MR) is 126 cm³/mol. The molecule has 0 radical (unpaired) electrons. The summed E-state index contributed by atoms with van der Waals surface area (Å²) in [4.78, 5) is 21.5. The van der Waals surface area contributed by atoms with Gasteiger partial charge < -0.3 is 19.5 Å². The number of rotatable bonds is 8. The zero-order valence-electron chi connectivity index (χ0n) is 18.4. The Morgan fingerprint density at radius 1 is 1.06 bits per heavy atom. The molecule has 170 valence electrons. The molecule has 0 saturated carbocycles. The van der Waals surface area contributed by atoms with E-state index in [0.29, 0.717) is 41.9 Å². The molecule has 2 N–H and O–H groups in total. The molecule has 8 heteroatoms. The van der Waals surface area contributed by atoms with Gasteiger partial charge in [-0.15, -0.1) is 0 Å². The van der Waals surface area contributed by atoms with Gasteiger partial charge in [-0.2, -0.15) is 0 Å². The van der Waals surface area contributed by atoms with Crippen LogP contribution in [-0.4, -0.2) is 30.3 Å². The summed E-state index contributed by atoms with van der Waals surface area (Å²) in [5.41, 5.74) is 2.19. The van der Waals surface area contributed by atoms with Gasteiger partial charge in [-0.3, -0.25) is 15.1 Å². The van der Waals surface area contributed by atoms with E-state index in [1.54, 1.807) is 42.7 Å². The van der Waals surface area contributed by atoms with Crippen LogP contribution in [0.15, 0.2) is 72.0 Å². The summed E-state index contributed by atoms with van der Waals surface area (Å²) in [6, 6.07) is 16.3. The molecule has 1 aliphatic rings. The normalized spacial score (nSPS) is 12.3. The average molecular weight is 447 g/mol. The molecule has 0 unspecified atom stereocenters. The summed E-state index contributed by atoms with van der Waals surface area (Å²) >= 11 is 0. The van der Waals surface area contributed by atoms with Crippen molar-refractivity contribution in [3.8, 4) is 17.2 Å². The van der Waals surface area contributed by atoms with Crippen LogP contribution in [0, 0.1) is 0 Å². The van der Waals surface area contributed by atoms with Gasteiger partial charge in [0.05, 0.1) is 13.2 Å². The monoisotopic (exact) mass is 446 g/mol. The minimum absolute atomic E-state index is 0.191. The number of guanidine groups is 1. The fraction of sp³-hybridized carbons (Fsp3) is 0.240. The van der Waals surface area contributed by atoms with Gasteiger partial charge >= 0.3 is 0 Å². The number of aliphatic imine (C=N–C) groups is 1. The summed E-state index contributed by atoms with van der Waals surface area (Å²) in [7, 11) is 0. The van der Waals surface area contributed by atoms with Gasteiger partial charge in [-0.25, -0.2) is 4.99 Å². The fourth-order valence-electron chi connectivity index (χ4n) is 3.10. The number of hydrogen-bond acceptors (Lipinski definition) is 6. The number of aromatic nitrogens is 1. The summed E-state index contributed by atoms with van der Waals surface area (Å²) in [5.74, 6) is 2.10. The Morgan fingerprint density at radius 2 is 1.85 bits per heavy atom. The van der Waals surface area contributed by atoms with E-state index in [1.165, 1.54) is 0 Å². The molecule has 3 aromatic rings. The van der Waals surface area contributed by atoms with Gasteiger partial charge in [0.2, 0.25) is 12.8 Å². The zero-order valence-corrected chi connectivity index (χ0v) is 18.4. The molecule has 0 aliphatic carbocycles. The van der Waals surface area contributed by atoms with Crippen molar-refractivity contribution in [2.24, 2.45) is 4.99 Å². The number of benzene rings is 2. The van der Waals surface area contributed by atoms with Crippen molar-refractivity contribution >= 4 is 17.6 Å². The van der Waals surface area contributed by atoms with Gasteiger partial charge in [0.1, 0.15) is 5.75 Å². The number of carbonyl (C=O) groups is 1. The highest BCUT2D eigenvalue weighted by molar-refractivity contribution is 6.10. The number of ether oxygens (including phenoxy) is 3. The van der Waals surface area contributed by atoms with E-state index in [4.69, 9.17) is 14.2 Å². The molecule has 0 saturated heterocycles. The Morgan fingerprint density at radius 3 is 2.64 bits per heavy atom. The molecule has 4 rings (SSSR count).